The number of amides is 1. The van der Waals surface area contributed by atoms with Crippen molar-refractivity contribution < 1.29 is 9.53 Å². The average molecular weight is 233 g/mol. The Bertz CT molecular complexity index is 453. The zero-order valence-electron chi connectivity index (χ0n) is 9.04. The number of hydrogen-bond donors (Lipinski definition) is 1. The summed E-state index contributed by atoms with van der Waals surface area (Å²) in [5.41, 5.74) is 5.61. The van der Waals surface area contributed by atoms with Crippen molar-refractivity contribution in [3.63, 3.8) is 0 Å². The number of morpholine rings is 1. The van der Waals surface area contributed by atoms with Gasteiger partial charge in [-0.05, 0) is 0 Å². The van der Waals surface area contributed by atoms with Gasteiger partial charge >= 0.3 is 0 Å². The van der Waals surface area contributed by atoms with Gasteiger partial charge in [0.1, 0.15) is 11.5 Å². The second kappa shape index (κ2) is 4.76. The van der Waals surface area contributed by atoms with Gasteiger partial charge in [0.25, 0.3) is 5.91 Å². The number of nitriles is 1. The minimum absolute atomic E-state index is 0.220. The highest BCUT2D eigenvalue weighted by molar-refractivity contribution is 5.92. The van der Waals surface area contributed by atoms with Crippen LogP contribution in [0, 0.1) is 11.3 Å². The lowest BCUT2D eigenvalue weighted by Crippen LogP contribution is -2.45. The van der Waals surface area contributed by atoms with Crippen molar-refractivity contribution >= 4 is 11.7 Å². The number of rotatable bonds is 1. The molecule has 0 bridgehead atoms. The Balaban J connectivity index is 2.09. The largest absolute Gasteiger partial charge is 0.382 e. The second-order valence-electron chi connectivity index (χ2n) is 3.57. The summed E-state index contributed by atoms with van der Waals surface area (Å²) in [6, 6.07) is 1.98. The maximum absolute atomic E-state index is 12.0. The minimum atomic E-state index is -0.575. The molecular formula is C10H11N5O2. The van der Waals surface area contributed by atoms with E-state index in [-0.39, 0.29) is 24.0 Å². The minimum Gasteiger partial charge on any atom is -0.382 e. The van der Waals surface area contributed by atoms with Crippen molar-refractivity contribution in [1.29, 1.82) is 5.26 Å². The number of carbonyl (C=O) groups excluding carboxylic acids is 1. The van der Waals surface area contributed by atoms with Gasteiger partial charge in [0.15, 0.2) is 6.10 Å². The van der Waals surface area contributed by atoms with E-state index in [1.54, 1.807) is 0 Å². The fraction of sp³-hybridized carbons (Fsp3) is 0.400. The first-order valence-corrected chi connectivity index (χ1v) is 5.08. The fourth-order valence-corrected chi connectivity index (χ4v) is 1.52. The lowest BCUT2D eigenvalue weighted by molar-refractivity contribution is 0.00318. The molecule has 0 radical (unpaired) electrons. The second-order valence-corrected chi connectivity index (χ2v) is 3.57. The van der Waals surface area contributed by atoms with E-state index in [0.29, 0.717) is 13.2 Å². The van der Waals surface area contributed by atoms with Crippen molar-refractivity contribution in [2.45, 2.75) is 6.10 Å². The zero-order chi connectivity index (χ0) is 12.3. The third kappa shape index (κ3) is 2.49. The quantitative estimate of drug-likeness (QED) is 0.696. The number of nitrogens with two attached hydrogens (primary N) is 1. The van der Waals surface area contributed by atoms with E-state index in [2.05, 4.69) is 9.97 Å². The molecule has 7 heteroatoms. The van der Waals surface area contributed by atoms with Crippen LogP contribution in [-0.2, 0) is 4.74 Å². The van der Waals surface area contributed by atoms with Crippen LogP contribution in [0.2, 0.25) is 0 Å². The van der Waals surface area contributed by atoms with Crippen molar-refractivity contribution in [2.24, 2.45) is 0 Å². The molecule has 0 spiro atoms. The number of nitrogens with zero attached hydrogens (tertiary/aromatic N) is 4. The Hall–Kier alpha value is -2.20. The summed E-state index contributed by atoms with van der Waals surface area (Å²) in [6.45, 7) is 1.05. The molecule has 0 aromatic carbocycles. The first-order chi connectivity index (χ1) is 8.20. The molecule has 1 amide bonds. The predicted octanol–water partition coefficient (Wildman–Crippen LogP) is -0.577. The maximum Gasteiger partial charge on any atom is 0.274 e. The lowest BCUT2D eigenvalue weighted by atomic mass is 10.2. The van der Waals surface area contributed by atoms with Crippen LogP contribution < -0.4 is 5.73 Å². The molecule has 2 heterocycles. The van der Waals surface area contributed by atoms with Gasteiger partial charge in [0.05, 0.1) is 31.6 Å². The van der Waals surface area contributed by atoms with Crippen LogP contribution >= 0.6 is 0 Å². The number of carbonyl (C=O) groups is 1. The third-order valence-corrected chi connectivity index (χ3v) is 2.39. The number of aromatic nitrogens is 2. The monoisotopic (exact) mass is 233 g/mol. The SMILES string of the molecule is N#CC1CN(C(=O)c2cnc(N)cn2)CCO1. The molecule has 17 heavy (non-hydrogen) atoms. The number of hydrogen-bond acceptors (Lipinski definition) is 6. The lowest BCUT2D eigenvalue weighted by Gasteiger charge is -2.29. The third-order valence-electron chi connectivity index (χ3n) is 2.39. The van der Waals surface area contributed by atoms with Gasteiger partial charge < -0.3 is 15.4 Å². The van der Waals surface area contributed by atoms with E-state index in [4.69, 9.17) is 15.7 Å². The van der Waals surface area contributed by atoms with E-state index in [1.807, 2.05) is 6.07 Å². The Morgan fingerprint density at radius 2 is 2.41 bits per heavy atom. The summed E-state index contributed by atoms with van der Waals surface area (Å²) in [5.74, 6) is -0.000483. The summed E-state index contributed by atoms with van der Waals surface area (Å²) in [5, 5.41) is 8.74. The van der Waals surface area contributed by atoms with Crippen LogP contribution in [0.4, 0.5) is 5.82 Å². The van der Waals surface area contributed by atoms with Crippen LogP contribution in [-0.4, -0.2) is 46.6 Å². The highest BCUT2D eigenvalue weighted by atomic mass is 16.5. The van der Waals surface area contributed by atoms with Crippen molar-refractivity contribution in [3.05, 3.63) is 18.1 Å². The predicted molar refractivity (Wildman–Crippen MR) is 57.7 cm³/mol. The van der Waals surface area contributed by atoms with Crippen LogP contribution in [0.25, 0.3) is 0 Å². The van der Waals surface area contributed by atoms with Crippen LogP contribution in [0.15, 0.2) is 12.4 Å². The van der Waals surface area contributed by atoms with Gasteiger partial charge in [-0.2, -0.15) is 5.26 Å². The summed E-state index contributed by atoms with van der Waals surface area (Å²) < 4.78 is 5.15. The van der Waals surface area contributed by atoms with Gasteiger partial charge in [-0.3, -0.25) is 4.79 Å². The Labute approximate surface area is 97.8 Å². The molecule has 88 valence electrons. The maximum atomic E-state index is 12.0. The molecule has 1 atom stereocenters. The molecule has 1 aliphatic rings. The molecule has 2 N–H and O–H groups in total. The molecule has 0 aliphatic carbocycles. The molecule has 1 aliphatic heterocycles. The summed E-state index contributed by atoms with van der Waals surface area (Å²) in [7, 11) is 0. The first-order valence-electron chi connectivity index (χ1n) is 5.08. The zero-order valence-corrected chi connectivity index (χ0v) is 9.04. The molecule has 1 fully saturated rings. The van der Waals surface area contributed by atoms with E-state index in [9.17, 15) is 4.79 Å². The van der Waals surface area contributed by atoms with Crippen LogP contribution in [0.1, 0.15) is 10.5 Å². The van der Waals surface area contributed by atoms with Gasteiger partial charge in [-0.15, -0.1) is 0 Å². The number of ether oxygens (including phenoxy) is 1. The topological polar surface area (TPSA) is 105 Å². The smallest absolute Gasteiger partial charge is 0.274 e. The van der Waals surface area contributed by atoms with E-state index >= 15 is 0 Å². The Kier molecular flexibility index (Phi) is 3.16. The Morgan fingerprint density at radius 3 is 3.06 bits per heavy atom. The number of anilines is 1. The van der Waals surface area contributed by atoms with Gasteiger partial charge in [-0.25, -0.2) is 9.97 Å². The van der Waals surface area contributed by atoms with Crippen molar-refractivity contribution in [3.8, 4) is 6.07 Å². The Morgan fingerprint density at radius 1 is 1.59 bits per heavy atom. The van der Waals surface area contributed by atoms with Crippen LogP contribution in [0.5, 0.6) is 0 Å². The van der Waals surface area contributed by atoms with Gasteiger partial charge in [0, 0.05) is 6.54 Å². The molecule has 1 aromatic rings. The highest BCUT2D eigenvalue weighted by Crippen LogP contribution is 2.08. The van der Waals surface area contributed by atoms with Crippen molar-refractivity contribution in [1.82, 2.24) is 14.9 Å². The average Bonchev–Trinajstić information content (AvgIpc) is 2.39. The summed E-state index contributed by atoms with van der Waals surface area (Å²) in [6.07, 6.45) is 2.08. The van der Waals surface area contributed by atoms with E-state index < -0.39 is 6.10 Å². The van der Waals surface area contributed by atoms with Crippen LogP contribution in [0.3, 0.4) is 0 Å². The van der Waals surface area contributed by atoms with Gasteiger partial charge in [-0.1, -0.05) is 0 Å². The first kappa shape index (κ1) is 11.3. The van der Waals surface area contributed by atoms with E-state index in [0.717, 1.165) is 0 Å². The molecule has 0 saturated carbocycles. The molecule has 1 aromatic heterocycles. The molecule has 1 unspecified atom stereocenters. The van der Waals surface area contributed by atoms with E-state index in [1.165, 1.54) is 17.3 Å². The molecular weight excluding hydrogens is 222 g/mol. The molecule has 2 rings (SSSR count). The van der Waals surface area contributed by atoms with Crippen molar-refractivity contribution in [2.75, 3.05) is 25.4 Å². The molecule has 7 nitrogen and oxygen atoms in total. The highest BCUT2D eigenvalue weighted by Gasteiger charge is 2.25. The summed E-state index contributed by atoms with van der Waals surface area (Å²) in [4.78, 5) is 21.2. The normalized spacial score (nSPS) is 19.7. The number of nitrogen functional groups attached to an aromatic ring is 1. The van der Waals surface area contributed by atoms with Gasteiger partial charge in [0.2, 0.25) is 0 Å². The fourth-order valence-electron chi connectivity index (χ4n) is 1.52. The molecule has 1 saturated heterocycles. The standard InChI is InChI=1S/C10H11N5O2/c11-3-7-6-15(1-2-17-7)10(16)8-4-14-9(12)5-13-8/h4-5,7H,1-2,6H2,(H2,12,14). The summed E-state index contributed by atoms with van der Waals surface area (Å²) >= 11 is 0.